The summed E-state index contributed by atoms with van der Waals surface area (Å²) in [6.45, 7) is 5.22. The molecule has 2 aromatic rings. The molecule has 138 valence electrons. The summed E-state index contributed by atoms with van der Waals surface area (Å²) < 4.78 is 0. The van der Waals surface area contributed by atoms with Crippen molar-refractivity contribution < 1.29 is 9.59 Å². The second-order valence-corrected chi connectivity index (χ2v) is 8.00. The van der Waals surface area contributed by atoms with Crippen molar-refractivity contribution in [2.45, 2.75) is 52.5 Å². The molecular weight excluding hydrogens is 346 g/mol. The molecule has 0 radical (unpaired) electrons. The minimum atomic E-state index is -0.566. The van der Waals surface area contributed by atoms with Crippen LogP contribution in [0, 0.1) is 5.92 Å². The Morgan fingerprint density at radius 1 is 1.15 bits per heavy atom. The standard InChI is InChI=1S/C20H25N3O2S/c1-12(2)18(21-13(3)24)19(25)23-20-22-17(11-26-20)16-9-8-14-6-4-5-7-15(14)10-16/h8-12,18H,4-7H2,1-3H3,(H,21,24)(H,22,23,25)/t18-/m0/s1. The molecule has 0 fully saturated rings. The van der Waals surface area contributed by atoms with Gasteiger partial charge in [0.2, 0.25) is 11.8 Å². The SMILES string of the molecule is CC(=O)N[C@H](C(=O)Nc1nc(-c2ccc3c(c2)CCCC3)cs1)C(C)C. The molecule has 1 aliphatic carbocycles. The molecule has 0 unspecified atom stereocenters. The second kappa shape index (κ2) is 7.99. The molecule has 0 saturated carbocycles. The van der Waals surface area contributed by atoms with Gasteiger partial charge in [0.15, 0.2) is 5.13 Å². The molecule has 1 heterocycles. The van der Waals surface area contributed by atoms with E-state index in [0.29, 0.717) is 5.13 Å². The second-order valence-electron chi connectivity index (χ2n) is 7.14. The Labute approximate surface area is 158 Å². The van der Waals surface area contributed by atoms with Crippen molar-refractivity contribution in [3.8, 4) is 11.3 Å². The van der Waals surface area contributed by atoms with Gasteiger partial charge in [-0.05, 0) is 48.8 Å². The van der Waals surface area contributed by atoms with Gasteiger partial charge in [-0.3, -0.25) is 9.59 Å². The fourth-order valence-corrected chi connectivity index (χ4v) is 4.02. The van der Waals surface area contributed by atoms with E-state index in [4.69, 9.17) is 0 Å². The van der Waals surface area contributed by atoms with Crippen molar-refractivity contribution in [1.82, 2.24) is 10.3 Å². The minimum absolute atomic E-state index is 0.000946. The molecule has 0 spiro atoms. The van der Waals surface area contributed by atoms with Crippen LogP contribution in [0.1, 0.15) is 44.7 Å². The molecule has 1 atom stereocenters. The lowest BCUT2D eigenvalue weighted by atomic mass is 9.90. The van der Waals surface area contributed by atoms with Gasteiger partial charge < -0.3 is 10.6 Å². The van der Waals surface area contributed by atoms with Crippen molar-refractivity contribution in [2.24, 2.45) is 5.92 Å². The summed E-state index contributed by atoms with van der Waals surface area (Å²) in [5.74, 6) is -0.451. The highest BCUT2D eigenvalue weighted by molar-refractivity contribution is 7.14. The Morgan fingerprint density at radius 3 is 2.58 bits per heavy atom. The number of anilines is 1. The Kier molecular flexibility index (Phi) is 5.71. The number of nitrogens with one attached hydrogen (secondary N) is 2. The summed E-state index contributed by atoms with van der Waals surface area (Å²) in [4.78, 5) is 28.3. The van der Waals surface area contributed by atoms with Gasteiger partial charge in [0.25, 0.3) is 0 Å². The smallest absolute Gasteiger partial charge is 0.248 e. The number of aromatic nitrogens is 1. The predicted octanol–water partition coefficient (Wildman–Crippen LogP) is 3.79. The lowest BCUT2D eigenvalue weighted by Crippen LogP contribution is -2.46. The first-order chi connectivity index (χ1) is 12.4. The molecule has 1 aliphatic rings. The van der Waals surface area contributed by atoms with Crippen LogP contribution in [-0.4, -0.2) is 22.8 Å². The molecule has 0 bridgehead atoms. The van der Waals surface area contributed by atoms with Crippen LogP contribution in [0.5, 0.6) is 0 Å². The first kappa shape index (κ1) is 18.6. The zero-order valence-electron chi connectivity index (χ0n) is 15.5. The van der Waals surface area contributed by atoms with Crippen LogP contribution >= 0.6 is 11.3 Å². The van der Waals surface area contributed by atoms with Gasteiger partial charge in [0, 0.05) is 17.9 Å². The number of hydrogen-bond donors (Lipinski definition) is 2. The van der Waals surface area contributed by atoms with Crippen LogP contribution in [0.25, 0.3) is 11.3 Å². The summed E-state index contributed by atoms with van der Waals surface area (Å²) in [5.41, 5.74) is 4.82. The van der Waals surface area contributed by atoms with E-state index in [1.165, 1.54) is 42.2 Å². The number of benzene rings is 1. The normalized spacial score (nSPS) is 14.6. The van der Waals surface area contributed by atoms with E-state index in [2.05, 4.69) is 33.8 Å². The average molecular weight is 372 g/mol. The van der Waals surface area contributed by atoms with Crippen LogP contribution in [0.4, 0.5) is 5.13 Å². The van der Waals surface area contributed by atoms with E-state index in [0.717, 1.165) is 24.1 Å². The van der Waals surface area contributed by atoms with Gasteiger partial charge in [0.1, 0.15) is 6.04 Å². The lowest BCUT2D eigenvalue weighted by Gasteiger charge is -2.20. The van der Waals surface area contributed by atoms with Crippen molar-refractivity contribution in [1.29, 1.82) is 0 Å². The Balaban J connectivity index is 1.73. The van der Waals surface area contributed by atoms with Crippen LogP contribution < -0.4 is 10.6 Å². The Bertz CT molecular complexity index is 813. The van der Waals surface area contributed by atoms with Crippen LogP contribution in [-0.2, 0) is 22.4 Å². The number of amides is 2. The third-order valence-electron chi connectivity index (χ3n) is 4.69. The number of carbonyl (C=O) groups excluding carboxylic acids is 2. The van der Waals surface area contributed by atoms with Crippen LogP contribution in [0.3, 0.4) is 0 Å². The first-order valence-corrected chi connectivity index (χ1v) is 9.97. The number of nitrogens with zero attached hydrogens (tertiary/aromatic N) is 1. The number of rotatable bonds is 5. The first-order valence-electron chi connectivity index (χ1n) is 9.09. The molecule has 2 amide bonds. The summed E-state index contributed by atoms with van der Waals surface area (Å²) in [7, 11) is 0. The molecule has 3 rings (SSSR count). The number of aryl methyl sites for hydroxylation is 2. The fraction of sp³-hybridized carbons (Fsp3) is 0.450. The third kappa shape index (κ3) is 4.30. The molecule has 0 saturated heterocycles. The summed E-state index contributed by atoms with van der Waals surface area (Å²) in [5, 5.41) is 8.05. The van der Waals surface area contributed by atoms with E-state index in [1.54, 1.807) is 0 Å². The molecule has 26 heavy (non-hydrogen) atoms. The average Bonchev–Trinajstić information content (AvgIpc) is 3.07. The molecule has 6 heteroatoms. The highest BCUT2D eigenvalue weighted by atomic mass is 32.1. The molecular formula is C20H25N3O2S. The van der Waals surface area contributed by atoms with Gasteiger partial charge in [0.05, 0.1) is 5.69 Å². The largest absolute Gasteiger partial charge is 0.344 e. The number of carbonyl (C=O) groups is 2. The maximum Gasteiger partial charge on any atom is 0.248 e. The lowest BCUT2D eigenvalue weighted by molar-refractivity contribution is -0.126. The summed E-state index contributed by atoms with van der Waals surface area (Å²) >= 11 is 1.40. The van der Waals surface area contributed by atoms with Gasteiger partial charge in [-0.25, -0.2) is 4.98 Å². The summed E-state index contributed by atoms with van der Waals surface area (Å²) in [6.07, 6.45) is 4.80. The third-order valence-corrected chi connectivity index (χ3v) is 5.44. The highest BCUT2D eigenvalue weighted by Crippen LogP contribution is 2.29. The monoisotopic (exact) mass is 371 g/mol. The van der Waals surface area contributed by atoms with E-state index in [1.807, 2.05) is 19.2 Å². The minimum Gasteiger partial charge on any atom is -0.344 e. The zero-order chi connectivity index (χ0) is 18.7. The van der Waals surface area contributed by atoms with Gasteiger partial charge in [-0.15, -0.1) is 11.3 Å². The molecule has 5 nitrogen and oxygen atoms in total. The maximum atomic E-state index is 12.5. The fourth-order valence-electron chi connectivity index (χ4n) is 3.29. The zero-order valence-corrected chi connectivity index (χ0v) is 16.3. The van der Waals surface area contributed by atoms with Crippen LogP contribution in [0.2, 0.25) is 0 Å². The Hall–Kier alpha value is -2.21. The Morgan fingerprint density at radius 2 is 1.88 bits per heavy atom. The topological polar surface area (TPSA) is 71.1 Å². The van der Waals surface area contributed by atoms with Gasteiger partial charge in [-0.2, -0.15) is 0 Å². The van der Waals surface area contributed by atoms with E-state index < -0.39 is 6.04 Å². The predicted molar refractivity (Wildman–Crippen MR) is 105 cm³/mol. The van der Waals surface area contributed by atoms with Crippen molar-refractivity contribution in [2.75, 3.05) is 5.32 Å². The highest BCUT2D eigenvalue weighted by Gasteiger charge is 2.24. The van der Waals surface area contributed by atoms with Crippen molar-refractivity contribution in [3.05, 3.63) is 34.7 Å². The van der Waals surface area contributed by atoms with E-state index in [-0.39, 0.29) is 17.7 Å². The van der Waals surface area contributed by atoms with E-state index >= 15 is 0 Å². The quantitative estimate of drug-likeness (QED) is 0.840. The number of thiazole rings is 1. The molecule has 1 aromatic heterocycles. The molecule has 0 aliphatic heterocycles. The van der Waals surface area contributed by atoms with Gasteiger partial charge >= 0.3 is 0 Å². The maximum absolute atomic E-state index is 12.5. The van der Waals surface area contributed by atoms with E-state index in [9.17, 15) is 9.59 Å². The van der Waals surface area contributed by atoms with Crippen molar-refractivity contribution >= 4 is 28.3 Å². The molecule has 1 aromatic carbocycles. The molecule has 2 N–H and O–H groups in total. The number of hydrogen-bond acceptors (Lipinski definition) is 4. The number of fused-ring (bicyclic) bond motifs is 1. The van der Waals surface area contributed by atoms with Crippen molar-refractivity contribution in [3.63, 3.8) is 0 Å². The van der Waals surface area contributed by atoms with Gasteiger partial charge in [-0.1, -0.05) is 26.0 Å². The van der Waals surface area contributed by atoms with Crippen LogP contribution in [0.15, 0.2) is 23.6 Å². The summed E-state index contributed by atoms with van der Waals surface area (Å²) in [6, 6.07) is 5.97.